The molecule has 1 saturated heterocycles. The first kappa shape index (κ1) is 12.2. The van der Waals surface area contributed by atoms with Crippen molar-refractivity contribution in [2.45, 2.75) is 33.2 Å². The topological polar surface area (TPSA) is 84.0 Å². The van der Waals surface area contributed by atoms with Crippen molar-refractivity contribution in [3.05, 3.63) is 17.1 Å². The minimum absolute atomic E-state index is 0.224. The van der Waals surface area contributed by atoms with Gasteiger partial charge < -0.3 is 15.1 Å². The fourth-order valence-electron chi connectivity index (χ4n) is 2.62. The molecule has 3 heterocycles. The highest BCUT2D eigenvalue weighted by Gasteiger charge is 2.24. The van der Waals surface area contributed by atoms with Gasteiger partial charge in [-0.3, -0.25) is 5.10 Å². The first-order chi connectivity index (χ1) is 9.06. The number of aromatic amines is 1. The van der Waals surface area contributed by atoms with Crippen molar-refractivity contribution in [2.24, 2.45) is 5.73 Å². The summed E-state index contributed by atoms with van der Waals surface area (Å²) in [6, 6.07) is 0.224. The Morgan fingerprint density at radius 1 is 1.32 bits per heavy atom. The molecule has 0 aromatic carbocycles. The SMILES string of the molecule is Cc1oc(C)c(-c2nc(N3CCC(N)C3)n[nH]2)c1C. The Bertz CT molecular complexity index is 600. The quantitative estimate of drug-likeness (QED) is 0.856. The number of aromatic nitrogens is 3. The van der Waals surface area contributed by atoms with Crippen LogP contribution in [0.5, 0.6) is 0 Å². The van der Waals surface area contributed by atoms with Crippen LogP contribution in [0.15, 0.2) is 4.42 Å². The monoisotopic (exact) mass is 261 g/mol. The number of furan rings is 1. The van der Waals surface area contributed by atoms with Gasteiger partial charge in [-0.1, -0.05) is 0 Å². The van der Waals surface area contributed by atoms with Crippen LogP contribution in [0, 0.1) is 20.8 Å². The predicted molar refractivity (Wildman–Crippen MR) is 73.1 cm³/mol. The normalized spacial score (nSPS) is 19.4. The van der Waals surface area contributed by atoms with Gasteiger partial charge in [0.25, 0.3) is 0 Å². The summed E-state index contributed by atoms with van der Waals surface area (Å²) < 4.78 is 5.63. The number of nitrogens with two attached hydrogens (primary N) is 1. The minimum atomic E-state index is 0.224. The second kappa shape index (κ2) is 4.38. The summed E-state index contributed by atoms with van der Waals surface area (Å²) in [5.41, 5.74) is 8.03. The zero-order valence-corrected chi connectivity index (χ0v) is 11.5. The summed E-state index contributed by atoms with van der Waals surface area (Å²) in [4.78, 5) is 6.69. The lowest BCUT2D eigenvalue weighted by molar-refractivity contribution is 0.503. The molecule has 2 aromatic heterocycles. The molecule has 3 N–H and O–H groups in total. The molecule has 0 saturated carbocycles. The van der Waals surface area contributed by atoms with E-state index in [1.807, 2.05) is 20.8 Å². The average molecular weight is 261 g/mol. The van der Waals surface area contributed by atoms with Crippen LogP contribution in [-0.4, -0.2) is 34.3 Å². The van der Waals surface area contributed by atoms with Crippen molar-refractivity contribution in [1.82, 2.24) is 15.2 Å². The molecule has 0 amide bonds. The number of hydrogen-bond acceptors (Lipinski definition) is 5. The Morgan fingerprint density at radius 3 is 2.68 bits per heavy atom. The number of rotatable bonds is 2. The molecule has 102 valence electrons. The van der Waals surface area contributed by atoms with Crippen LogP contribution in [0.2, 0.25) is 0 Å². The lowest BCUT2D eigenvalue weighted by Gasteiger charge is -2.11. The van der Waals surface area contributed by atoms with Crippen LogP contribution in [-0.2, 0) is 0 Å². The third kappa shape index (κ3) is 2.02. The summed E-state index contributed by atoms with van der Waals surface area (Å²) >= 11 is 0. The molecular weight excluding hydrogens is 242 g/mol. The first-order valence-corrected chi connectivity index (χ1v) is 6.56. The molecule has 0 bridgehead atoms. The fourth-order valence-corrected chi connectivity index (χ4v) is 2.62. The van der Waals surface area contributed by atoms with Crippen LogP contribution in [0.1, 0.15) is 23.5 Å². The standard InChI is InChI=1S/C13H19N5O/c1-7-8(2)19-9(3)11(7)12-15-13(17-16-12)18-5-4-10(14)6-18/h10H,4-6,14H2,1-3H3,(H,15,16,17). The van der Waals surface area contributed by atoms with Gasteiger partial charge >= 0.3 is 0 Å². The Hall–Kier alpha value is -1.82. The molecule has 1 aliphatic heterocycles. The molecule has 2 aromatic rings. The minimum Gasteiger partial charge on any atom is -0.466 e. The Labute approximate surface area is 112 Å². The summed E-state index contributed by atoms with van der Waals surface area (Å²) in [5, 5.41) is 7.30. The van der Waals surface area contributed by atoms with E-state index in [0.29, 0.717) is 0 Å². The van der Waals surface area contributed by atoms with Gasteiger partial charge in [-0.15, -0.1) is 5.10 Å². The van der Waals surface area contributed by atoms with E-state index in [0.717, 1.165) is 53.9 Å². The van der Waals surface area contributed by atoms with Crippen molar-refractivity contribution in [2.75, 3.05) is 18.0 Å². The second-order valence-electron chi connectivity index (χ2n) is 5.19. The number of H-pyrrole nitrogens is 1. The van der Waals surface area contributed by atoms with Crippen molar-refractivity contribution < 1.29 is 4.42 Å². The summed E-state index contributed by atoms with van der Waals surface area (Å²) in [7, 11) is 0. The molecule has 1 atom stereocenters. The van der Waals surface area contributed by atoms with Gasteiger partial charge in [0, 0.05) is 24.7 Å². The van der Waals surface area contributed by atoms with Gasteiger partial charge in [-0.25, -0.2) is 0 Å². The van der Waals surface area contributed by atoms with Gasteiger partial charge in [-0.2, -0.15) is 4.98 Å². The maximum atomic E-state index is 5.91. The highest BCUT2D eigenvalue weighted by atomic mass is 16.3. The highest BCUT2D eigenvalue weighted by Crippen LogP contribution is 2.30. The van der Waals surface area contributed by atoms with Gasteiger partial charge in [0.2, 0.25) is 5.95 Å². The van der Waals surface area contributed by atoms with Gasteiger partial charge in [0.05, 0.1) is 5.56 Å². The smallest absolute Gasteiger partial charge is 0.245 e. The number of anilines is 1. The molecule has 6 heteroatoms. The van der Waals surface area contributed by atoms with Crippen molar-refractivity contribution in [3.8, 4) is 11.4 Å². The van der Waals surface area contributed by atoms with E-state index in [2.05, 4.69) is 20.1 Å². The van der Waals surface area contributed by atoms with E-state index >= 15 is 0 Å². The lowest BCUT2D eigenvalue weighted by atomic mass is 10.1. The van der Waals surface area contributed by atoms with E-state index in [4.69, 9.17) is 10.2 Å². The molecule has 19 heavy (non-hydrogen) atoms. The Balaban J connectivity index is 1.93. The number of nitrogens with zero attached hydrogens (tertiary/aromatic N) is 3. The predicted octanol–water partition coefficient (Wildman–Crippen LogP) is 1.53. The number of nitrogens with one attached hydrogen (secondary N) is 1. The van der Waals surface area contributed by atoms with E-state index in [9.17, 15) is 0 Å². The van der Waals surface area contributed by atoms with Gasteiger partial charge in [0.15, 0.2) is 5.82 Å². The van der Waals surface area contributed by atoms with E-state index in [-0.39, 0.29) is 6.04 Å². The maximum Gasteiger partial charge on any atom is 0.245 e. The molecule has 0 aliphatic carbocycles. The molecule has 1 aliphatic rings. The Morgan fingerprint density at radius 2 is 2.11 bits per heavy atom. The highest BCUT2D eigenvalue weighted by molar-refractivity contribution is 5.64. The van der Waals surface area contributed by atoms with Crippen LogP contribution in [0.25, 0.3) is 11.4 Å². The molecule has 1 unspecified atom stereocenters. The largest absolute Gasteiger partial charge is 0.466 e. The Kier molecular flexibility index (Phi) is 2.82. The van der Waals surface area contributed by atoms with Crippen LogP contribution in [0.3, 0.4) is 0 Å². The van der Waals surface area contributed by atoms with Crippen LogP contribution >= 0.6 is 0 Å². The summed E-state index contributed by atoms with van der Waals surface area (Å²) in [5.74, 6) is 3.28. The van der Waals surface area contributed by atoms with E-state index in [1.165, 1.54) is 0 Å². The van der Waals surface area contributed by atoms with Crippen molar-refractivity contribution >= 4 is 5.95 Å². The van der Waals surface area contributed by atoms with Crippen LogP contribution < -0.4 is 10.6 Å². The molecule has 3 rings (SSSR count). The molecule has 0 spiro atoms. The zero-order valence-electron chi connectivity index (χ0n) is 11.5. The molecule has 6 nitrogen and oxygen atoms in total. The van der Waals surface area contributed by atoms with Crippen molar-refractivity contribution in [1.29, 1.82) is 0 Å². The van der Waals surface area contributed by atoms with E-state index < -0.39 is 0 Å². The second-order valence-corrected chi connectivity index (χ2v) is 5.19. The van der Waals surface area contributed by atoms with E-state index in [1.54, 1.807) is 0 Å². The van der Waals surface area contributed by atoms with Gasteiger partial charge in [-0.05, 0) is 27.2 Å². The summed E-state index contributed by atoms with van der Waals surface area (Å²) in [6.07, 6.45) is 0.993. The van der Waals surface area contributed by atoms with Crippen LogP contribution in [0.4, 0.5) is 5.95 Å². The van der Waals surface area contributed by atoms with Gasteiger partial charge in [0.1, 0.15) is 11.5 Å². The number of hydrogen-bond donors (Lipinski definition) is 2. The maximum absolute atomic E-state index is 5.91. The third-order valence-electron chi connectivity index (χ3n) is 3.78. The fraction of sp³-hybridized carbons (Fsp3) is 0.538. The first-order valence-electron chi connectivity index (χ1n) is 6.56. The van der Waals surface area contributed by atoms with Crippen molar-refractivity contribution in [3.63, 3.8) is 0 Å². The average Bonchev–Trinajstić information content (AvgIpc) is 3.02. The molecule has 1 fully saturated rings. The zero-order chi connectivity index (χ0) is 13.6. The molecular formula is C13H19N5O. The third-order valence-corrected chi connectivity index (χ3v) is 3.78. The lowest BCUT2D eigenvalue weighted by Crippen LogP contribution is -2.26. The summed E-state index contributed by atoms with van der Waals surface area (Å²) in [6.45, 7) is 7.68. The molecule has 0 radical (unpaired) electrons. The number of aryl methyl sites for hydroxylation is 2.